The molecule has 19 heavy (non-hydrogen) atoms. The average Bonchev–Trinajstić information content (AvgIpc) is 2.62. The molecule has 2 rings (SSSR count). The van der Waals surface area contributed by atoms with Crippen molar-refractivity contribution in [2.45, 2.75) is 6.92 Å². The van der Waals surface area contributed by atoms with Gasteiger partial charge in [-0.15, -0.1) is 5.11 Å². The quantitative estimate of drug-likeness (QED) is 0.519. The maximum atomic E-state index is 10.5. The number of benzene rings is 1. The van der Waals surface area contributed by atoms with E-state index >= 15 is 0 Å². The smallest absolute Gasteiger partial charge is 0.269 e. The van der Waals surface area contributed by atoms with Gasteiger partial charge in [0.2, 0.25) is 0 Å². The topological polar surface area (TPSA) is 112 Å². The van der Waals surface area contributed by atoms with Crippen LogP contribution in [0.4, 0.5) is 22.9 Å². The predicted molar refractivity (Wildman–Crippen MR) is 69.6 cm³/mol. The number of nitrogens with zero attached hydrogens (tertiary/aromatic N) is 5. The van der Waals surface area contributed by atoms with Crippen LogP contribution in [0.25, 0.3) is 0 Å². The Labute approximate surface area is 108 Å². The van der Waals surface area contributed by atoms with Crippen molar-refractivity contribution in [3.05, 3.63) is 40.1 Å². The molecular weight excluding hydrogens is 248 g/mol. The largest absolute Gasteiger partial charge is 0.382 e. The first-order chi connectivity index (χ1) is 8.99. The van der Waals surface area contributed by atoms with Gasteiger partial charge in [0, 0.05) is 19.2 Å². The molecule has 1 aromatic carbocycles. The number of rotatable bonds is 3. The third kappa shape index (κ3) is 2.57. The number of azo groups is 1. The Kier molecular flexibility index (Phi) is 3.23. The Morgan fingerprint density at radius 1 is 1.32 bits per heavy atom. The Balaban J connectivity index is 2.25. The van der Waals surface area contributed by atoms with Gasteiger partial charge in [-0.25, -0.2) is 0 Å². The summed E-state index contributed by atoms with van der Waals surface area (Å²) < 4.78 is 1.51. The Bertz CT molecular complexity index is 644. The van der Waals surface area contributed by atoms with Crippen LogP contribution < -0.4 is 5.73 Å². The molecule has 8 nitrogen and oxygen atoms in total. The average molecular weight is 260 g/mol. The summed E-state index contributed by atoms with van der Waals surface area (Å²) in [6.45, 7) is 1.78. The van der Waals surface area contributed by atoms with Crippen LogP contribution in [0.2, 0.25) is 0 Å². The van der Waals surface area contributed by atoms with Gasteiger partial charge >= 0.3 is 0 Å². The van der Waals surface area contributed by atoms with Gasteiger partial charge in [-0.1, -0.05) is 0 Å². The van der Waals surface area contributed by atoms with Gasteiger partial charge in [0.1, 0.15) is 5.82 Å². The number of nitrogen functional groups attached to an aromatic ring is 1. The van der Waals surface area contributed by atoms with Crippen molar-refractivity contribution in [2.75, 3.05) is 5.73 Å². The van der Waals surface area contributed by atoms with Crippen molar-refractivity contribution in [3.8, 4) is 0 Å². The van der Waals surface area contributed by atoms with Crippen molar-refractivity contribution in [2.24, 2.45) is 17.3 Å². The summed E-state index contributed by atoms with van der Waals surface area (Å²) in [5.74, 6) is 0.420. The van der Waals surface area contributed by atoms with Crippen LogP contribution in [0.3, 0.4) is 0 Å². The van der Waals surface area contributed by atoms with Crippen LogP contribution in [-0.2, 0) is 7.05 Å². The van der Waals surface area contributed by atoms with Crippen molar-refractivity contribution in [3.63, 3.8) is 0 Å². The number of nitrogens with two attached hydrogens (primary N) is 1. The Morgan fingerprint density at radius 2 is 1.95 bits per heavy atom. The summed E-state index contributed by atoms with van der Waals surface area (Å²) in [6, 6.07) is 5.77. The van der Waals surface area contributed by atoms with Crippen LogP contribution >= 0.6 is 0 Å². The van der Waals surface area contributed by atoms with Crippen molar-refractivity contribution >= 4 is 22.9 Å². The lowest BCUT2D eigenvalue weighted by atomic mass is 10.3. The second-order valence-electron chi connectivity index (χ2n) is 3.92. The predicted octanol–water partition coefficient (Wildman–Crippen LogP) is 2.63. The zero-order valence-electron chi connectivity index (χ0n) is 10.4. The summed E-state index contributed by atoms with van der Waals surface area (Å²) in [5.41, 5.74) is 7.48. The summed E-state index contributed by atoms with van der Waals surface area (Å²) in [5, 5.41) is 22.6. The van der Waals surface area contributed by atoms with Crippen LogP contribution in [0.5, 0.6) is 0 Å². The highest BCUT2D eigenvalue weighted by atomic mass is 16.6. The minimum atomic E-state index is -0.468. The fraction of sp³-hybridized carbons (Fsp3) is 0.182. The standard InChI is InChI=1S/C11H12N6O2/c1-7-10(11(12)16(2)15-7)14-13-8-3-5-9(6-4-8)17(18)19/h3-6H,12H2,1-2H3. The molecule has 2 N–H and O–H groups in total. The lowest BCUT2D eigenvalue weighted by Gasteiger charge is -1.94. The molecule has 0 saturated carbocycles. The highest BCUT2D eigenvalue weighted by Crippen LogP contribution is 2.27. The Hall–Kier alpha value is -2.77. The molecule has 0 saturated heterocycles. The van der Waals surface area contributed by atoms with E-state index in [9.17, 15) is 10.1 Å². The third-order valence-electron chi connectivity index (χ3n) is 2.56. The monoisotopic (exact) mass is 260 g/mol. The number of aryl methyl sites for hydroxylation is 2. The van der Waals surface area contributed by atoms with E-state index in [1.165, 1.54) is 28.9 Å². The molecule has 0 bridgehead atoms. The molecule has 0 spiro atoms. The van der Waals surface area contributed by atoms with Crippen molar-refractivity contribution in [1.29, 1.82) is 0 Å². The van der Waals surface area contributed by atoms with Crippen LogP contribution in [0.15, 0.2) is 34.5 Å². The van der Waals surface area contributed by atoms with Crippen LogP contribution in [-0.4, -0.2) is 14.7 Å². The van der Waals surface area contributed by atoms with Crippen molar-refractivity contribution in [1.82, 2.24) is 9.78 Å². The number of hydrogen-bond donors (Lipinski definition) is 1. The molecule has 2 aromatic rings. The molecule has 0 aliphatic carbocycles. The third-order valence-corrected chi connectivity index (χ3v) is 2.56. The molecule has 0 fully saturated rings. The van der Waals surface area contributed by atoms with Gasteiger partial charge in [0.25, 0.3) is 5.69 Å². The molecule has 0 amide bonds. The number of nitro groups is 1. The highest BCUT2D eigenvalue weighted by molar-refractivity contribution is 5.60. The van der Waals surface area contributed by atoms with Gasteiger partial charge in [-0.2, -0.15) is 10.2 Å². The fourth-order valence-corrected chi connectivity index (χ4v) is 1.54. The maximum Gasteiger partial charge on any atom is 0.269 e. The lowest BCUT2D eigenvalue weighted by Crippen LogP contribution is -1.96. The molecule has 0 aliphatic heterocycles. The number of nitro benzene ring substituents is 1. The molecule has 0 aliphatic rings. The molecule has 98 valence electrons. The van der Waals surface area contributed by atoms with E-state index in [1.54, 1.807) is 14.0 Å². The molecule has 1 heterocycles. The van der Waals surface area contributed by atoms with Gasteiger partial charge in [-0.05, 0) is 19.1 Å². The van der Waals surface area contributed by atoms with Crippen LogP contribution in [0, 0.1) is 17.0 Å². The number of anilines is 1. The minimum absolute atomic E-state index is 0.0102. The minimum Gasteiger partial charge on any atom is -0.382 e. The maximum absolute atomic E-state index is 10.5. The molecule has 1 aromatic heterocycles. The highest BCUT2D eigenvalue weighted by Gasteiger charge is 2.09. The summed E-state index contributed by atoms with van der Waals surface area (Å²) in [7, 11) is 1.72. The van der Waals surface area contributed by atoms with E-state index in [4.69, 9.17) is 5.73 Å². The Morgan fingerprint density at radius 3 is 2.42 bits per heavy atom. The summed E-state index contributed by atoms with van der Waals surface area (Å²) >= 11 is 0. The van der Waals surface area contributed by atoms with Gasteiger partial charge in [0.15, 0.2) is 5.69 Å². The van der Waals surface area contributed by atoms with E-state index in [2.05, 4.69) is 15.3 Å². The first-order valence-corrected chi connectivity index (χ1v) is 5.44. The lowest BCUT2D eigenvalue weighted by molar-refractivity contribution is -0.384. The molecule has 0 atom stereocenters. The van der Waals surface area contributed by atoms with Crippen molar-refractivity contribution < 1.29 is 4.92 Å². The van der Waals surface area contributed by atoms with Gasteiger partial charge in [0.05, 0.1) is 16.3 Å². The van der Waals surface area contributed by atoms with E-state index in [0.29, 0.717) is 22.9 Å². The fourth-order valence-electron chi connectivity index (χ4n) is 1.54. The van der Waals surface area contributed by atoms with E-state index in [-0.39, 0.29) is 5.69 Å². The summed E-state index contributed by atoms with van der Waals surface area (Å²) in [4.78, 5) is 10.0. The second kappa shape index (κ2) is 4.84. The number of non-ortho nitro benzene ring substituents is 1. The van der Waals surface area contributed by atoms with E-state index in [1.807, 2.05) is 0 Å². The summed E-state index contributed by atoms with van der Waals surface area (Å²) in [6.07, 6.45) is 0. The first kappa shape index (κ1) is 12.7. The molecule has 0 radical (unpaired) electrons. The number of hydrogen-bond acceptors (Lipinski definition) is 6. The zero-order chi connectivity index (χ0) is 14.0. The number of aromatic nitrogens is 2. The van der Waals surface area contributed by atoms with Gasteiger partial charge in [-0.3, -0.25) is 14.8 Å². The second-order valence-corrected chi connectivity index (χ2v) is 3.92. The normalized spacial score (nSPS) is 11.1. The van der Waals surface area contributed by atoms with E-state index in [0.717, 1.165) is 0 Å². The zero-order valence-corrected chi connectivity index (χ0v) is 10.4. The van der Waals surface area contributed by atoms with Gasteiger partial charge < -0.3 is 5.73 Å². The SMILES string of the molecule is Cc1nn(C)c(N)c1N=Nc1ccc([N+](=O)[O-])cc1. The molecule has 8 heteroatoms. The van der Waals surface area contributed by atoms with Crippen LogP contribution in [0.1, 0.15) is 5.69 Å². The first-order valence-electron chi connectivity index (χ1n) is 5.44. The molecular formula is C11H12N6O2. The van der Waals surface area contributed by atoms with E-state index < -0.39 is 4.92 Å². The molecule has 0 unspecified atom stereocenters.